The lowest BCUT2D eigenvalue weighted by Crippen LogP contribution is -2.11. The van der Waals surface area contributed by atoms with Crippen LogP contribution in [0.3, 0.4) is 0 Å². The molecule has 9 nitrogen and oxygen atoms in total. The van der Waals surface area contributed by atoms with Crippen molar-refractivity contribution in [2.75, 3.05) is 11.1 Å². The van der Waals surface area contributed by atoms with E-state index < -0.39 is 5.91 Å². The average molecular weight is 441 g/mol. The highest BCUT2D eigenvalue weighted by atomic mass is 35.5. The van der Waals surface area contributed by atoms with E-state index in [0.29, 0.717) is 26.7 Å². The molecule has 2 amide bonds. The third-order valence-electron chi connectivity index (χ3n) is 3.95. The predicted molar refractivity (Wildman–Crippen MR) is 113 cm³/mol. The number of primary amides is 1. The number of nitrogens with zero attached hydrogens (tertiary/aromatic N) is 3. The van der Waals surface area contributed by atoms with Crippen LogP contribution in [0.1, 0.15) is 20.2 Å². The summed E-state index contributed by atoms with van der Waals surface area (Å²) in [5.74, 6) is -0.537. The van der Waals surface area contributed by atoms with E-state index in [1.165, 1.54) is 0 Å². The second kappa shape index (κ2) is 7.93. The Labute approximate surface area is 178 Å². The second-order valence-corrected chi connectivity index (χ2v) is 7.50. The maximum atomic E-state index is 12.4. The molecule has 0 saturated carbocycles. The number of rotatable bonds is 5. The SMILES string of the molecule is NC(=O)c1nc(N)c(-c2nc(-c3cccc(NC(=O)c4cccc(Cl)c4)c3)no2)s1. The minimum absolute atomic E-state index is 0.0491. The number of amides is 2. The zero-order valence-electron chi connectivity index (χ0n) is 15.1. The van der Waals surface area contributed by atoms with Gasteiger partial charge in [0.05, 0.1) is 0 Å². The molecule has 4 rings (SSSR count). The van der Waals surface area contributed by atoms with Crippen molar-refractivity contribution < 1.29 is 14.1 Å². The number of benzene rings is 2. The number of hydrogen-bond acceptors (Lipinski definition) is 8. The number of thiazole rings is 1. The highest BCUT2D eigenvalue weighted by molar-refractivity contribution is 7.17. The van der Waals surface area contributed by atoms with E-state index in [-0.39, 0.29) is 28.4 Å². The van der Waals surface area contributed by atoms with Gasteiger partial charge in [-0.25, -0.2) is 4.98 Å². The molecule has 0 saturated heterocycles. The van der Waals surface area contributed by atoms with Crippen LogP contribution in [0.4, 0.5) is 11.5 Å². The van der Waals surface area contributed by atoms with Gasteiger partial charge in [-0.05, 0) is 30.3 Å². The van der Waals surface area contributed by atoms with Gasteiger partial charge in [-0.2, -0.15) is 4.98 Å². The van der Waals surface area contributed by atoms with Crippen LogP contribution < -0.4 is 16.8 Å². The first kappa shape index (κ1) is 19.6. The van der Waals surface area contributed by atoms with Gasteiger partial charge in [0.15, 0.2) is 5.01 Å². The van der Waals surface area contributed by atoms with Crippen LogP contribution in [0.25, 0.3) is 22.2 Å². The lowest BCUT2D eigenvalue weighted by molar-refractivity contribution is 0.0997. The minimum atomic E-state index is -0.694. The molecule has 0 atom stereocenters. The Kier molecular flexibility index (Phi) is 5.17. The molecule has 0 bridgehead atoms. The Hall–Kier alpha value is -3.76. The van der Waals surface area contributed by atoms with Crippen LogP contribution in [0.5, 0.6) is 0 Å². The van der Waals surface area contributed by atoms with E-state index >= 15 is 0 Å². The van der Waals surface area contributed by atoms with Crippen LogP contribution in [-0.2, 0) is 0 Å². The third kappa shape index (κ3) is 4.00. The Morgan fingerprint density at radius 3 is 2.63 bits per heavy atom. The third-order valence-corrected chi connectivity index (χ3v) is 5.26. The van der Waals surface area contributed by atoms with Gasteiger partial charge in [0.1, 0.15) is 10.7 Å². The molecule has 0 aliphatic rings. The summed E-state index contributed by atoms with van der Waals surface area (Å²) in [5.41, 5.74) is 12.6. The largest absolute Gasteiger partial charge is 0.382 e. The van der Waals surface area contributed by atoms with E-state index in [1.807, 2.05) is 0 Å². The van der Waals surface area contributed by atoms with Gasteiger partial charge in [-0.3, -0.25) is 9.59 Å². The molecule has 0 aliphatic heterocycles. The molecule has 0 spiro atoms. The Morgan fingerprint density at radius 2 is 1.90 bits per heavy atom. The monoisotopic (exact) mass is 440 g/mol. The lowest BCUT2D eigenvalue weighted by atomic mass is 10.1. The van der Waals surface area contributed by atoms with Gasteiger partial charge < -0.3 is 21.3 Å². The molecule has 2 aromatic carbocycles. The number of hydrogen-bond donors (Lipinski definition) is 3. The zero-order valence-corrected chi connectivity index (χ0v) is 16.7. The van der Waals surface area contributed by atoms with Crippen LogP contribution in [0.2, 0.25) is 5.02 Å². The molecule has 0 radical (unpaired) electrons. The first-order valence-corrected chi connectivity index (χ1v) is 9.67. The van der Waals surface area contributed by atoms with Crippen LogP contribution in [-0.4, -0.2) is 26.9 Å². The number of carbonyl (C=O) groups is 2. The summed E-state index contributed by atoms with van der Waals surface area (Å²) >= 11 is 6.90. The summed E-state index contributed by atoms with van der Waals surface area (Å²) < 4.78 is 5.26. The zero-order chi connectivity index (χ0) is 21.3. The van der Waals surface area contributed by atoms with Crippen molar-refractivity contribution in [1.29, 1.82) is 0 Å². The van der Waals surface area contributed by atoms with E-state index in [0.717, 1.165) is 11.3 Å². The standard InChI is InChI=1S/C19H13ClN6O3S/c20-11-5-1-4-10(7-11)17(28)23-12-6-2-3-9(8-12)16-25-18(29-26-16)13-14(21)24-19(30-13)15(22)27/h1-8H,21H2,(H2,22,27)(H,23,28). The number of carbonyl (C=O) groups excluding carboxylic acids is 2. The first-order chi connectivity index (χ1) is 14.4. The summed E-state index contributed by atoms with van der Waals surface area (Å²) in [5, 5.41) is 7.25. The minimum Gasteiger partial charge on any atom is -0.382 e. The summed E-state index contributed by atoms with van der Waals surface area (Å²) in [7, 11) is 0. The molecule has 2 aromatic heterocycles. The van der Waals surface area contributed by atoms with Gasteiger partial charge in [-0.1, -0.05) is 35.0 Å². The van der Waals surface area contributed by atoms with E-state index in [2.05, 4.69) is 20.4 Å². The number of aromatic nitrogens is 3. The quantitative estimate of drug-likeness (QED) is 0.430. The van der Waals surface area contributed by atoms with E-state index in [4.69, 9.17) is 27.6 Å². The Bertz CT molecular complexity index is 1270. The Morgan fingerprint density at radius 1 is 1.10 bits per heavy atom. The maximum Gasteiger partial charge on any atom is 0.277 e. The van der Waals surface area contributed by atoms with Crippen molar-refractivity contribution in [1.82, 2.24) is 15.1 Å². The fourth-order valence-corrected chi connectivity index (χ4v) is 3.54. The summed E-state index contributed by atoms with van der Waals surface area (Å²) in [4.78, 5) is 32.2. The van der Waals surface area contributed by atoms with Crippen molar-refractivity contribution in [3.8, 4) is 22.2 Å². The first-order valence-electron chi connectivity index (χ1n) is 8.48. The molecule has 5 N–H and O–H groups in total. The van der Waals surface area contributed by atoms with Crippen molar-refractivity contribution in [2.45, 2.75) is 0 Å². The second-order valence-electron chi connectivity index (χ2n) is 6.07. The van der Waals surface area contributed by atoms with Crippen molar-refractivity contribution in [3.63, 3.8) is 0 Å². The smallest absolute Gasteiger partial charge is 0.277 e. The van der Waals surface area contributed by atoms with Gasteiger partial charge in [0.2, 0.25) is 5.82 Å². The molecule has 0 fully saturated rings. The van der Waals surface area contributed by atoms with Crippen LogP contribution >= 0.6 is 22.9 Å². The van der Waals surface area contributed by atoms with Gasteiger partial charge >= 0.3 is 0 Å². The molecule has 11 heteroatoms. The number of nitrogen functional groups attached to an aromatic ring is 1. The average Bonchev–Trinajstić information content (AvgIpc) is 3.35. The highest BCUT2D eigenvalue weighted by Gasteiger charge is 2.20. The number of halogens is 1. The lowest BCUT2D eigenvalue weighted by Gasteiger charge is -2.06. The summed E-state index contributed by atoms with van der Waals surface area (Å²) in [6, 6.07) is 13.6. The molecule has 2 heterocycles. The molecular formula is C19H13ClN6O3S. The van der Waals surface area contributed by atoms with E-state index in [1.54, 1.807) is 48.5 Å². The topological polar surface area (TPSA) is 150 Å². The fourth-order valence-electron chi connectivity index (χ4n) is 2.59. The summed E-state index contributed by atoms with van der Waals surface area (Å²) in [6.45, 7) is 0. The highest BCUT2D eigenvalue weighted by Crippen LogP contribution is 2.32. The normalized spacial score (nSPS) is 10.7. The predicted octanol–water partition coefficient (Wildman–Crippen LogP) is 3.45. The number of nitrogens with two attached hydrogens (primary N) is 2. The van der Waals surface area contributed by atoms with Gasteiger partial charge in [0.25, 0.3) is 17.7 Å². The molecule has 150 valence electrons. The van der Waals surface area contributed by atoms with E-state index in [9.17, 15) is 9.59 Å². The van der Waals surface area contributed by atoms with Gasteiger partial charge in [-0.15, -0.1) is 11.3 Å². The van der Waals surface area contributed by atoms with Crippen LogP contribution in [0, 0.1) is 0 Å². The fraction of sp³-hybridized carbons (Fsp3) is 0. The molecule has 4 aromatic rings. The van der Waals surface area contributed by atoms with Crippen molar-refractivity contribution in [2.24, 2.45) is 5.73 Å². The molecular weight excluding hydrogens is 428 g/mol. The molecule has 0 aliphatic carbocycles. The summed E-state index contributed by atoms with van der Waals surface area (Å²) in [6.07, 6.45) is 0. The van der Waals surface area contributed by atoms with Crippen molar-refractivity contribution >= 4 is 46.3 Å². The number of anilines is 2. The maximum absolute atomic E-state index is 12.4. The van der Waals surface area contributed by atoms with Crippen LogP contribution in [0.15, 0.2) is 53.1 Å². The van der Waals surface area contributed by atoms with Gasteiger partial charge in [0, 0.05) is 21.8 Å². The Balaban J connectivity index is 1.58. The molecule has 30 heavy (non-hydrogen) atoms. The number of nitrogens with one attached hydrogen (secondary N) is 1. The molecule has 0 unspecified atom stereocenters. The van der Waals surface area contributed by atoms with Crippen molar-refractivity contribution in [3.05, 3.63) is 64.1 Å².